The van der Waals surface area contributed by atoms with E-state index in [1.807, 2.05) is 4.57 Å². The third-order valence-corrected chi connectivity index (χ3v) is 6.95. The summed E-state index contributed by atoms with van der Waals surface area (Å²) in [5.74, 6) is 0.0892. The minimum absolute atomic E-state index is 0.0892. The lowest BCUT2D eigenvalue weighted by Crippen LogP contribution is -2.05. The van der Waals surface area contributed by atoms with Gasteiger partial charge < -0.3 is 4.57 Å². The number of carbonyl (C=O) groups is 1. The Bertz CT molecular complexity index is 621. The number of aromatic nitrogens is 2. The predicted molar refractivity (Wildman–Crippen MR) is 81.2 cm³/mol. The van der Waals surface area contributed by atoms with Crippen LogP contribution in [0.4, 0.5) is 0 Å². The molecule has 2 aromatic rings. The topological polar surface area (TPSA) is 34.9 Å². The van der Waals surface area contributed by atoms with Gasteiger partial charge in [-0.2, -0.15) is 0 Å². The van der Waals surface area contributed by atoms with Crippen LogP contribution in [0.25, 0.3) is 11.0 Å². The van der Waals surface area contributed by atoms with Crippen LogP contribution in [0, 0.1) is 0 Å². The molecule has 0 aliphatic rings. The summed E-state index contributed by atoms with van der Waals surface area (Å²) in [6.45, 7) is 1.87. The second kappa shape index (κ2) is 5.11. The average molecular weight is 490 g/mol. The van der Waals surface area contributed by atoms with Gasteiger partial charge in [0.05, 0.1) is 27.3 Å². The predicted octanol–water partition coefficient (Wildman–Crippen LogP) is 4.68. The molecule has 0 saturated carbocycles. The monoisotopic (exact) mass is 486 g/mol. The molecule has 7 heteroatoms. The van der Waals surface area contributed by atoms with Crippen molar-refractivity contribution in [3.8, 4) is 0 Å². The molecule has 2 rings (SSSR count). The molecule has 0 atom stereocenters. The van der Waals surface area contributed by atoms with Gasteiger partial charge in [-0.3, -0.25) is 4.79 Å². The summed E-state index contributed by atoms with van der Waals surface area (Å²) in [6, 6.07) is 0. The number of ketones is 1. The Morgan fingerprint density at radius 1 is 1.18 bits per heavy atom. The molecule has 0 radical (unpaired) electrons. The zero-order valence-electron chi connectivity index (χ0n) is 8.60. The van der Waals surface area contributed by atoms with Gasteiger partial charge in [0.25, 0.3) is 0 Å². The van der Waals surface area contributed by atoms with Gasteiger partial charge in [-0.25, -0.2) is 4.98 Å². The lowest BCUT2D eigenvalue weighted by Gasteiger charge is -2.08. The Labute approximate surface area is 131 Å². The molecular weight excluding hydrogens is 484 g/mol. The largest absolute Gasteiger partial charge is 0.322 e. The Morgan fingerprint density at radius 3 is 2.35 bits per heavy atom. The van der Waals surface area contributed by atoms with Crippen molar-refractivity contribution in [2.45, 2.75) is 13.5 Å². The van der Waals surface area contributed by atoms with E-state index in [1.165, 1.54) is 0 Å². The number of Topliss-reactive ketones (excluding diaryl/α,β-unsaturated/α-hetero) is 1. The van der Waals surface area contributed by atoms with Gasteiger partial charge in [-0.1, -0.05) is 0 Å². The first kappa shape index (κ1) is 13.7. The maximum atomic E-state index is 11.2. The average Bonchev–Trinajstić information content (AvgIpc) is 2.66. The SMILES string of the molecule is CC(=O)Cn1cnc2c(Br)c(Br)c(Br)c(Br)c21. The zero-order valence-corrected chi connectivity index (χ0v) is 14.9. The minimum Gasteiger partial charge on any atom is -0.322 e. The highest BCUT2D eigenvalue weighted by atomic mass is 79.9. The molecule has 0 N–H and O–H groups in total. The number of nitrogens with zero attached hydrogens (tertiary/aromatic N) is 2. The number of imidazole rings is 1. The highest BCUT2D eigenvalue weighted by Crippen LogP contribution is 2.42. The van der Waals surface area contributed by atoms with Crippen molar-refractivity contribution in [1.82, 2.24) is 9.55 Å². The summed E-state index contributed by atoms with van der Waals surface area (Å²) in [6.07, 6.45) is 1.67. The van der Waals surface area contributed by atoms with E-state index in [-0.39, 0.29) is 5.78 Å². The molecule has 1 heterocycles. The molecule has 1 aromatic heterocycles. The molecule has 0 spiro atoms. The highest BCUT2D eigenvalue weighted by Gasteiger charge is 2.18. The fourth-order valence-corrected chi connectivity index (χ4v) is 3.94. The minimum atomic E-state index is 0.0892. The Balaban J connectivity index is 2.80. The normalized spacial score (nSPS) is 11.1. The molecular formula is C10H6Br4N2O. The number of fused-ring (bicyclic) bond motifs is 1. The zero-order chi connectivity index (χ0) is 12.7. The Hall–Kier alpha value is 0.280. The third-order valence-electron chi connectivity index (χ3n) is 2.22. The highest BCUT2D eigenvalue weighted by molar-refractivity contribution is 9.15. The van der Waals surface area contributed by atoms with E-state index in [9.17, 15) is 4.79 Å². The number of hydrogen-bond donors (Lipinski definition) is 0. The maximum Gasteiger partial charge on any atom is 0.149 e. The molecule has 0 aliphatic heterocycles. The Morgan fingerprint density at radius 2 is 1.76 bits per heavy atom. The second-order valence-corrected chi connectivity index (χ2v) is 6.70. The van der Waals surface area contributed by atoms with E-state index >= 15 is 0 Å². The molecule has 17 heavy (non-hydrogen) atoms. The van der Waals surface area contributed by atoms with E-state index in [2.05, 4.69) is 68.7 Å². The van der Waals surface area contributed by atoms with Crippen molar-refractivity contribution in [2.24, 2.45) is 0 Å². The van der Waals surface area contributed by atoms with Crippen LogP contribution in [-0.2, 0) is 11.3 Å². The second-order valence-electron chi connectivity index (χ2n) is 3.53. The molecule has 1 aromatic carbocycles. The van der Waals surface area contributed by atoms with E-state index in [0.29, 0.717) is 6.54 Å². The first-order chi connectivity index (χ1) is 7.93. The number of rotatable bonds is 2. The smallest absolute Gasteiger partial charge is 0.149 e. The first-order valence-electron chi connectivity index (χ1n) is 4.59. The van der Waals surface area contributed by atoms with Gasteiger partial charge in [0.1, 0.15) is 11.3 Å². The van der Waals surface area contributed by atoms with Gasteiger partial charge in [0, 0.05) is 8.95 Å². The van der Waals surface area contributed by atoms with Gasteiger partial charge in [0.15, 0.2) is 0 Å². The summed E-state index contributed by atoms with van der Waals surface area (Å²) in [7, 11) is 0. The van der Waals surface area contributed by atoms with E-state index in [4.69, 9.17) is 0 Å². The molecule has 90 valence electrons. The molecule has 3 nitrogen and oxygen atoms in total. The van der Waals surface area contributed by atoms with Crippen LogP contribution >= 0.6 is 63.7 Å². The molecule has 0 bridgehead atoms. The van der Waals surface area contributed by atoms with Crippen molar-refractivity contribution >= 4 is 80.5 Å². The Kier molecular flexibility index (Phi) is 4.12. The van der Waals surface area contributed by atoms with Crippen molar-refractivity contribution in [3.05, 3.63) is 24.2 Å². The number of carbonyl (C=O) groups excluding carboxylic acids is 1. The number of halogens is 4. The van der Waals surface area contributed by atoms with Crippen LogP contribution in [0.1, 0.15) is 6.92 Å². The lowest BCUT2D eigenvalue weighted by atomic mass is 10.3. The van der Waals surface area contributed by atoms with Crippen LogP contribution in [0.5, 0.6) is 0 Å². The lowest BCUT2D eigenvalue weighted by molar-refractivity contribution is -0.117. The summed E-state index contributed by atoms with van der Waals surface area (Å²) >= 11 is 14.0. The number of benzene rings is 1. The third kappa shape index (κ3) is 2.39. The molecule has 0 aliphatic carbocycles. The van der Waals surface area contributed by atoms with Crippen LogP contribution in [0.15, 0.2) is 24.2 Å². The van der Waals surface area contributed by atoms with Gasteiger partial charge >= 0.3 is 0 Å². The van der Waals surface area contributed by atoms with Crippen LogP contribution < -0.4 is 0 Å². The van der Waals surface area contributed by atoms with Crippen LogP contribution in [0.2, 0.25) is 0 Å². The van der Waals surface area contributed by atoms with Crippen molar-refractivity contribution in [2.75, 3.05) is 0 Å². The van der Waals surface area contributed by atoms with Crippen LogP contribution in [-0.4, -0.2) is 15.3 Å². The summed E-state index contributed by atoms with van der Waals surface area (Å²) in [4.78, 5) is 15.5. The van der Waals surface area contributed by atoms with Crippen molar-refractivity contribution < 1.29 is 4.79 Å². The maximum absolute atomic E-state index is 11.2. The van der Waals surface area contributed by atoms with Gasteiger partial charge in [-0.05, 0) is 70.6 Å². The molecule has 0 fully saturated rings. The molecule has 0 amide bonds. The van der Waals surface area contributed by atoms with Crippen molar-refractivity contribution in [1.29, 1.82) is 0 Å². The van der Waals surface area contributed by atoms with E-state index < -0.39 is 0 Å². The van der Waals surface area contributed by atoms with Gasteiger partial charge in [0.2, 0.25) is 0 Å². The first-order valence-corrected chi connectivity index (χ1v) is 7.77. The molecule has 0 saturated heterocycles. The summed E-state index contributed by atoms with van der Waals surface area (Å²) in [5.41, 5.74) is 1.70. The number of hydrogen-bond acceptors (Lipinski definition) is 2. The van der Waals surface area contributed by atoms with E-state index in [0.717, 1.165) is 28.9 Å². The molecule has 0 unspecified atom stereocenters. The quantitative estimate of drug-likeness (QED) is 0.454. The van der Waals surface area contributed by atoms with Crippen LogP contribution in [0.3, 0.4) is 0 Å². The summed E-state index contributed by atoms with van der Waals surface area (Å²) < 4.78 is 5.35. The standard InChI is InChI=1S/C10H6Br4N2O/c1-4(17)2-16-3-15-9-7(13)5(11)6(12)8(14)10(9)16/h3H,2H2,1H3. The van der Waals surface area contributed by atoms with Crippen molar-refractivity contribution in [3.63, 3.8) is 0 Å². The fourth-order valence-electron chi connectivity index (χ4n) is 1.53. The van der Waals surface area contributed by atoms with E-state index in [1.54, 1.807) is 13.3 Å². The fraction of sp³-hybridized carbons (Fsp3) is 0.200. The summed E-state index contributed by atoms with van der Waals surface area (Å²) in [5, 5.41) is 0. The van der Waals surface area contributed by atoms with Gasteiger partial charge in [-0.15, -0.1) is 0 Å².